The Labute approximate surface area is 116 Å². The largest absolute Gasteiger partial charge is 0.372 e. The number of anilines is 1. The second-order valence-corrected chi connectivity index (χ2v) is 5.18. The molecule has 2 heterocycles. The summed E-state index contributed by atoms with van der Waals surface area (Å²) in [6.07, 6.45) is -0.0473. The van der Waals surface area contributed by atoms with Crippen LogP contribution in [0.2, 0.25) is 0 Å². The first-order valence-corrected chi connectivity index (χ1v) is 6.47. The topological polar surface area (TPSA) is 80.3 Å². The second kappa shape index (κ2) is 5.13. The van der Waals surface area contributed by atoms with Crippen LogP contribution in [0.1, 0.15) is 19.4 Å². The van der Waals surface area contributed by atoms with Crippen molar-refractivity contribution in [2.24, 2.45) is 14.1 Å². The van der Waals surface area contributed by atoms with E-state index >= 15 is 0 Å². The number of aromatic nitrogens is 2. The molecule has 0 bridgehead atoms. The van der Waals surface area contributed by atoms with Crippen LogP contribution >= 0.6 is 0 Å². The summed E-state index contributed by atoms with van der Waals surface area (Å²) in [6, 6.07) is 1.92. The molecule has 0 unspecified atom stereocenters. The van der Waals surface area contributed by atoms with E-state index in [-0.39, 0.29) is 17.8 Å². The minimum Gasteiger partial charge on any atom is -0.372 e. The quantitative estimate of drug-likeness (QED) is 0.696. The molecule has 1 aromatic rings. The van der Waals surface area contributed by atoms with Crippen molar-refractivity contribution in [1.82, 2.24) is 9.13 Å². The zero-order chi connectivity index (χ0) is 15.0. The monoisotopic (exact) mass is 278 g/mol. The molecule has 0 aliphatic carbocycles. The SMILES string of the molecule is C[C@@H]1CN(c2c(C#N)c(=O)n(C)c(=O)n2C)C[C@H](C)O1. The highest BCUT2D eigenvalue weighted by atomic mass is 16.5. The molecule has 1 aliphatic rings. The number of rotatable bonds is 1. The average Bonchev–Trinajstić information content (AvgIpc) is 2.39. The molecule has 7 heteroatoms. The minimum atomic E-state index is -0.558. The van der Waals surface area contributed by atoms with E-state index < -0.39 is 11.2 Å². The number of hydrogen-bond donors (Lipinski definition) is 0. The van der Waals surface area contributed by atoms with Crippen molar-refractivity contribution in [3.8, 4) is 6.07 Å². The maximum absolute atomic E-state index is 12.1. The van der Waals surface area contributed by atoms with E-state index in [9.17, 15) is 14.9 Å². The summed E-state index contributed by atoms with van der Waals surface area (Å²) in [7, 11) is 2.95. The van der Waals surface area contributed by atoms with Crippen molar-refractivity contribution in [3.63, 3.8) is 0 Å². The molecule has 0 amide bonds. The maximum atomic E-state index is 12.1. The zero-order valence-electron chi connectivity index (χ0n) is 12.1. The lowest BCUT2D eigenvalue weighted by Gasteiger charge is -2.37. The van der Waals surface area contributed by atoms with Gasteiger partial charge in [-0.25, -0.2) is 4.79 Å². The molecule has 1 fully saturated rings. The summed E-state index contributed by atoms with van der Waals surface area (Å²) in [5.41, 5.74) is -0.996. The van der Waals surface area contributed by atoms with Gasteiger partial charge in [0, 0.05) is 27.2 Å². The molecule has 108 valence electrons. The Morgan fingerprint density at radius 3 is 2.20 bits per heavy atom. The minimum absolute atomic E-state index is 0.00380. The lowest BCUT2D eigenvalue weighted by atomic mass is 10.2. The van der Waals surface area contributed by atoms with Gasteiger partial charge in [0.2, 0.25) is 0 Å². The molecule has 0 N–H and O–H groups in total. The average molecular weight is 278 g/mol. The standard InChI is InChI=1S/C13H18N4O3/c1-8-6-17(7-9(2)20-8)11-10(5-14)12(18)16(4)13(19)15(11)3/h8-9H,6-7H2,1-4H3/t8-,9+. The van der Waals surface area contributed by atoms with Crippen LogP contribution in [-0.2, 0) is 18.8 Å². The van der Waals surface area contributed by atoms with Gasteiger partial charge in [-0.15, -0.1) is 0 Å². The molecule has 1 saturated heterocycles. The lowest BCUT2D eigenvalue weighted by Crippen LogP contribution is -2.50. The fraction of sp³-hybridized carbons (Fsp3) is 0.615. The van der Waals surface area contributed by atoms with Gasteiger partial charge < -0.3 is 9.64 Å². The Kier molecular flexibility index (Phi) is 3.68. The van der Waals surface area contributed by atoms with Crippen LogP contribution in [0.15, 0.2) is 9.59 Å². The van der Waals surface area contributed by atoms with Crippen molar-refractivity contribution >= 4 is 5.82 Å². The number of hydrogen-bond acceptors (Lipinski definition) is 5. The third kappa shape index (κ3) is 2.23. The first-order chi connectivity index (χ1) is 9.36. The second-order valence-electron chi connectivity index (χ2n) is 5.18. The Balaban J connectivity index is 2.65. The van der Waals surface area contributed by atoms with Crippen molar-refractivity contribution < 1.29 is 4.74 Å². The Hall–Kier alpha value is -2.07. The van der Waals surface area contributed by atoms with E-state index in [0.717, 1.165) is 4.57 Å². The summed E-state index contributed by atoms with van der Waals surface area (Å²) in [5, 5.41) is 9.26. The molecule has 7 nitrogen and oxygen atoms in total. The molecule has 1 aromatic heterocycles. The predicted molar refractivity (Wildman–Crippen MR) is 73.9 cm³/mol. The van der Waals surface area contributed by atoms with Crippen molar-refractivity contribution in [1.29, 1.82) is 5.26 Å². The molecular formula is C13H18N4O3. The van der Waals surface area contributed by atoms with Crippen LogP contribution in [0.5, 0.6) is 0 Å². The fourth-order valence-corrected chi connectivity index (χ4v) is 2.65. The van der Waals surface area contributed by atoms with E-state index in [2.05, 4.69) is 0 Å². The zero-order valence-corrected chi connectivity index (χ0v) is 12.1. The van der Waals surface area contributed by atoms with E-state index in [1.165, 1.54) is 11.6 Å². The van der Waals surface area contributed by atoms with Crippen molar-refractivity contribution in [2.75, 3.05) is 18.0 Å². The van der Waals surface area contributed by atoms with Crippen LogP contribution in [0.25, 0.3) is 0 Å². The molecule has 0 spiro atoms. The molecule has 0 radical (unpaired) electrons. The van der Waals surface area contributed by atoms with Gasteiger partial charge in [0.1, 0.15) is 11.9 Å². The van der Waals surface area contributed by atoms with Gasteiger partial charge in [-0.2, -0.15) is 5.26 Å². The van der Waals surface area contributed by atoms with Gasteiger partial charge in [0.25, 0.3) is 5.56 Å². The Bertz CT molecular complexity index is 673. The third-order valence-corrected chi connectivity index (χ3v) is 3.46. The molecule has 2 rings (SSSR count). The first kappa shape index (κ1) is 14.3. The lowest BCUT2D eigenvalue weighted by molar-refractivity contribution is -0.00570. The molecule has 0 saturated carbocycles. The van der Waals surface area contributed by atoms with E-state index in [1.807, 2.05) is 24.8 Å². The van der Waals surface area contributed by atoms with Crippen LogP contribution in [-0.4, -0.2) is 34.4 Å². The number of morpholine rings is 1. The number of nitriles is 1. The highest BCUT2D eigenvalue weighted by molar-refractivity contribution is 5.54. The van der Waals surface area contributed by atoms with E-state index in [4.69, 9.17) is 4.74 Å². The van der Waals surface area contributed by atoms with Crippen LogP contribution < -0.4 is 16.1 Å². The predicted octanol–water partition coefficient (Wildman–Crippen LogP) is -0.431. The van der Waals surface area contributed by atoms with Crippen molar-refractivity contribution in [3.05, 3.63) is 26.4 Å². The van der Waals surface area contributed by atoms with E-state index in [1.54, 1.807) is 7.05 Å². The van der Waals surface area contributed by atoms with Crippen LogP contribution in [0.3, 0.4) is 0 Å². The van der Waals surface area contributed by atoms with Gasteiger partial charge in [0.15, 0.2) is 5.56 Å². The Morgan fingerprint density at radius 2 is 1.70 bits per heavy atom. The molecule has 20 heavy (non-hydrogen) atoms. The summed E-state index contributed by atoms with van der Waals surface area (Å²) >= 11 is 0. The van der Waals surface area contributed by atoms with Crippen LogP contribution in [0, 0.1) is 11.3 Å². The number of nitrogens with zero attached hydrogens (tertiary/aromatic N) is 4. The highest BCUT2D eigenvalue weighted by Gasteiger charge is 2.27. The van der Waals surface area contributed by atoms with Crippen LogP contribution in [0.4, 0.5) is 5.82 Å². The molecule has 0 aromatic carbocycles. The van der Waals surface area contributed by atoms with Gasteiger partial charge in [0.05, 0.1) is 12.2 Å². The Morgan fingerprint density at radius 1 is 1.15 bits per heavy atom. The third-order valence-electron chi connectivity index (χ3n) is 3.46. The highest BCUT2D eigenvalue weighted by Crippen LogP contribution is 2.20. The summed E-state index contributed by atoms with van der Waals surface area (Å²) in [4.78, 5) is 26.0. The summed E-state index contributed by atoms with van der Waals surface area (Å²) in [6.45, 7) is 4.93. The number of ether oxygens (including phenoxy) is 1. The molecule has 1 aliphatic heterocycles. The fourth-order valence-electron chi connectivity index (χ4n) is 2.65. The van der Waals surface area contributed by atoms with E-state index in [0.29, 0.717) is 18.9 Å². The van der Waals surface area contributed by atoms with Gasteiger partial charge in [-0.3, -0.25) is 13.9 Å². The smallest absolute Gasteiger partial charge is 0.332 e. The van der Waals surface area contributed by atoms with Gasteiger partial charge in [-0.1, -0.05) is 0 Å². The first-order valence-electron chi connectivity index (χ1n) is 6.47. The maximum Gasteiger partial charge on any atom is 0.332 e. The molecular weight excluding hydrogens is 260 g/mol. The summed E-state index contributed by atoms with van der Waals surface area (Å²) < 4.78 is 7.95. The normalized spacial score (nSPS) is 22.6. The van der Waals surface area contributed by atoms with Crippen molar-refractivity contribution in [2.45, 2.75) is 26.1 Å². The van der Waals surface area contributed by atoms with Gasteiger partial charge >= 0.3 is 5.69 Å². The summed E-state index contributed by atoms with van der Waals surface area (Å²) in [5.74, 6) is 0.377. The molecule has 2 atom stereocenters. The van der Waals surface area contributed by atoms with Gasteiger partial charge in [-0.05, 0) is 13.8 Å².